The van der Waals surface area contributed by atoms with Gasteiger partial charge in [0.2, 0.25) is 0 Å². The summed E-state index contributed by atoms with van der Waals surface area (Å²) in [5.41, 5.74) is 0. The molecule has 0 amide bonds. The molecule has 0 rings (SSSR count). The third-order valence-electron chi connectivity index (χ3n) is 0.953. The minimum atomic E-state index is -3.80. The molecule has 0 aliphatic rings. The fourth-order valence-electron chi connectivity index (χ4n) is 0.399. The van der Waals surface area contributed by atoms with Gasteiger partial charge in [0.05, 0.1) is 5.75 Å². The van der Waals surface area contributed by atoms with Crippen LogP contribution in [0.2, 0.25) is 0 Å². The number of hydrogen-bond donors (Lipinski definition) is 2. The standard InChI is InChI=1S/C4H11NO3S.Na.H/c1-4(5-2)3-9(6,7)8;;/h4-5H,3H2,1-2H3,(H,6,7,8);;/q;+1;-1. The van der Waals surface area contributed by atoms with Gasteiger partial charge in [0.25, 0.3) is 10.1 Å². The van der Waals surface area contributed by atoms with Crippen LogP contribution in [-0.4, -0.2) is 31.8 Å². The molecule has 0 fully saturated rings. The Morgan fingerprint density at radius 3 is 2.20 bits per heavy atom. The zero-order valence-electron chi connectivity index (χ0n) is 7.46. The quantitative estimate of drug-likeness (QED) is 0.348. The van der Waals surface area contributed by atoms with Crippen LogP contribution in [0.15, 0.2) is 0 Å². The van der Waals surface area contributed by atoms with E-state index in [1.807, 2.05) is 0 Å². The van der Waals surface area contributed by atoms with Crippen molar-refractivity contribution < 1.29 is 44.0 Å². The predicted octanol–water partition coefficient (Wildman–Crippen LogP) is -3.40. The Hall–Kier alpha value is 0.870. The molecule has 0 radical (unpaired) electrons. The van der Waals surface area contributed by atoms with Gasteiger partial charge < -0.3 is 6.74 Å². The van der Waals surface area contributed by atoms with Gasteiger partial charge in [0.15, 0.2) is 0 Å². The summed E-state index contributed by atoms with van der Waals surface area (Å²) in [6.07, 6.45) is 0. The van der Waals surface area contributed by atoms with Gasteiger partial charge >= 0.3 is 29.6 Å². The first kappa shape index (κ1) is 13.5. The first-order valence-corrected chi connectivity index (χ1v) is 4.19. The third kappa shape index (κ3) is 8.87. The first-order chi connectivity index (χ1) is 3.95. The van der Waals surface area contributed by atoms with E-state index in [0.717, 1.165) is 0 Å². The van der Waals surface area contributed by atoms with Gasteiger partial charge in [-0.15, -0.1) is 0 Å². The monoisotopic (exact) mass is 177 g/mol. The van der Waals surface area contributed by atoms with Crippen LogP contribution in [0.1, 0.15) is 8.35 Å². The fourth-order valence-corrected chi connectivity index (χ4v) is 1.20. The van der Waals surface area contributed by atoms with Crippen molar-refractivity contribution in [3.63, 3.8) is 0 Å². The summed E-state index contributed by atoms with van der Waals surface area (Å²) in [4.78, 5) is 0. The molecule has 0 aromatic rings. The van der Waals surface area contributed by atoms with Crippen molar-refractivity contribution in [2.75, 3.05) is 12.8 Å². The molecule has 4 nitrogen and oxygen atoms in total. The molecule has 0 aliphatic heterocycles. The average Bonchev–Trinajstić information content (AvgIpc) is 1.62. The summed E-state index contributed by atoms with van der Waals surface area (Å²) >= 11 is 0. The molecule has 1 unspecified atom stereocenters. The van der Waals surface area contributed by atoms with E-state index in [2.05, 4.69) is 5.32 Å². The molecule has 0 saturated heterocycles. The van der Waals surface area contributed by atoms with Gasteiger partial charge in [-0.2, -0.15) is 8.42 Å². The van der Waals surface area contributed by atoms with Crippen LogP contribution in [0.4, 0.5) is 0 Å². The van der Waals surface area contributed by atoms with Gasteiger partial charge in [0.1, 0.15) is 0 Å². The first-order valence-electron chi connectivity index (χ1n) is 2.58. The molecular weight excluding hydrogens is 165 g/mol. The molecule has 0 saturated carbocycles. The van der Waals surface area contributed by atoms with Crippen LogP contribution in [0, 0.1) is 0 Å². The van der Waals surface area contributed by atoms with Crippen molar-refractivity contribution in [3.8, 4) is 0 Å². The molecule has 0 aliphatic carbocycles. The van der Waals surface area contributed by atoms with Crippen molar-refractivity contribution in [1.29, 1.82) is 0 Å². The van der Waals surface area contributed by atoms with Crippen molar-refractivity contribution in [2.45, 2.75) is 13.0 Å². The van der Waals surface area contributed by atoms with E-state index in [4.69, 9.17) is 4.55 Å². The summed E-state index contributed by atoms with van der Waals surface area (Å²) < 4.78 is 28.5. The molecule has 0 heterocycles. The van der Waals surface area contributed by atoms with Crippen LogP contribution < -0.4 is 34.9 Å². The van der Waals surface area contributed by atoms with Gasteiger partial charge in [-0.3, -0.25) is 4.55 Å². The molecule has 2 N–H and O–H groups in total. The SMILES string of the molecule is CNC(C)CS(=O)(=O)O.[H-].[Na+]. The molecular formula is C4H12NNaO3S. The summed E-state index contributed by atoms with van der Waals surface area (Å²) in [5.74, 6) is -0.233. The maximum atomic E-state index is 10.1. The van der Waals surface area contributed by atoms with Crippen LogP contribution in [0.5, 0.6) is 0 Å². The summed E-state index contributed by atoms with van der Waals surface area (Å²) in [7, 11) is -2.16. The molecule has 0 aromatic heterocycles. The number of hydrogen-bond acceptors (Lipinski definition) is 3. The van der Waals surface area contributed by atoms with E-state index >= 15 is 0 Å². The van der Waals surface area contributed by atoms with Crippen molar-refractivity contribution in [1.82, 2.24) is 5.32 Å². The Morgan fingerprint density at radius 1 is 1.70 bits per heavy atom. The van der Waals surface area contributed by atoms with E-state index < -0.39 is 10.1 Å². The summed E-state index contributed by atoms with van der Waals surface area (Å²) in [6.45, 7) is 1.67. The van der Waals surface area contributed by atoms with Gasteiger partial charge in [-0.05, 0) is 14.0 Å². The van der Waals surface area contributed by atoms with Crippen molar-refractivity contribution >= 4 is 10.1 Å². The van der Waals surface area contributed by atoms with Gasteiger partial charge in [-0.1, -0.05) is 0 Å². The summed E-state index contributed by atoms with van der Waals surface area (Å²) in [6, 6.07) is -0.194. The van der Waals surface area contributed by atoms with Gasteiger partial charge in [0, 0.05) is 6.04 Å². The Bertz CT molecular complexity index is 172. The second-order valence-electron chi connectivity index (χ2n) is 1.94. The molecule has 0 spiro atoms. The van der Waals surface area contributed by atoms with E-state index in [1.165, 1.54) is 0 Å². The van der Waals surface area contributed by atoms with Crippen molar-refractivity contribution in [2.24, 2.45) is 0 Å². The third-order valence-corrected chi connectivity index (χ3v) is 1.87. The van der Waals surface area contributed by atoms with E-state index in [0.29, 0.717) is 0 Å². The second-order valence-corrected chi connectivity index (χ2v) is 3.44. The molecule has 0 bridgehead atoms. The van der Waals surface area contributed by atoms with E-state index in [-0.39, 0.29) is 42.8 Å². The Morgan fingerprint density at radius 2 is 2.10 bits per heavy atom. The maximum Gasteiger partial charge on any atom is 1.00 e. The second kappa shape index (κ2) is 5.51. The minimum Gasteiger partial charge on any atom is -1.00 e. The number of nitrogens with one attached hydrogen (secondary N) is 1. The van der Waals surface area contributed by atoms with Gasteiger partial charge in [-0.25, -0.2) is 0 Å². The fraction of sp³-hybridized carbons (Fsp3) is 1.00. The minimum absolute atomic E-state index is 0. The molecule has 0 aromatic carbocycles. The van der Waals surface area contributed by atoms with E-state index in [1.54, 1.807) is 14.0 Å². The molecule has 1 atom stereocenters. The zero-order valence-corrected chi connectivity index (χ0v) is 9.27. The van der Waals surface area contributed by atoms with Crippen LogP contribution in [0.3, 0.4) is 0 Å². The number of rotatable bonds is 3. The molecule has 58 valence electrons. The zero-order chi connectivity index (χ0) is 7.49. The maximum absolute atomic E-state index is 10.1. The Kier molecular flexibility index (Phi) is 7.42. The Labute approximate surface area is 84.9 Å². The molecule has 6 heteroatoms. The average molecular weight is 177 g/mol. The predicted molar refractivity (Wildman–Crippen MR) is 36.0 cm³/mol. The van der Waals surface area contributed by atoms with Crippen LogP contribution in [-0.2, 0) is 10.1 Å². The van der Waals surface area contributed by atoms with Crippen LogP contribution in [0.25, 0.3) is 0 Å². The smallest absolute Gasteiger partial charge is 1.00 e. The normalized spacial score (nSPS) is 13.9. The molecule has 10 heavy (non-hydrogen) atoms. The van der Waals surface area contributed by atoms with Crippen LogP contribution >= 0.6 is 0 Å². The summed E-state index contributed by atoms with van der Waals surface area (Å²) in [5, 5.41) is 2.68. The topological polar surface area (TPSA) is 66.4 Å². The van der Waals surface area contributed by atoms with E-state index in [9.17, 15) is 8.42 Å². The largest absolute Gasteiger partial charge is 1.00 e. The van der Waals surface area contributed by atoms with Crippen molar-refractivity contribution in [3.05, 3.63) is 0 Å². The Balaban J connectivity index is -0.000000320.